The summed E-state index contributed by atoms with van der Waals surface area (Å²) in [5, 5.41) is 2.59. The van der Waals surface area contributed by atoms with Gasteiger partial charge in [0.05, 0.1) is 11.9 Å². The summed E-state index contributed by atoms with van der Waals surface area (Å²) in [5.41, 5.74) is 0.658. The van der Waals surface area contributed by atoms with Gasteiger partial charge < -0.3 is 5.32 Å². The summed E-state index contributed by atoms with van der Waals surface area (Å²) in [6, 6.07) is 13.7. The van der Waals surface area contributed by atoms with Crippen molar-refractivity contribution in [2.24, 2.45) is 0 Å². The van der Waals surface area contributed by atoms with E-state index in [1.165, 1.54) is 18.2 Å². The molecule has 0 aliphatic rings. The highest BCUT2D eigenvalue weighted by Gasteiger charge is 2.21. The van der Waals surface area contributed by atoms with E-state index in [2.05, 4.69) is 5.32 Å². The van der Waals surface area contributed by atoms with Crippen molar-refractivity contribution >= 4 is 27.3 Å². The van der Waals surface area contributed by atoms with E-state index < -0.39 is 28.3 Å². The smallest absolute Gasteiger partial charge is 0.245 e. The predicted molar refractivity (Wildman–Crippen MR) is 83.7 cm³/mol. The normalized spacial score (nSPS) is 11.0. The Hall–Kier alpha value is -2.41. The van der Waals surface area contributed by atoms with Gasteiger partial charge in [-0.3, -0.25) is 9.10 Å². The first kappa shape index (κ1) is 16.0. The zero-order valence-electron chi connectivity index (χ0n) is 11.9. The largest absolute Gasteiger partial charge is 0.325 e. The van der Waals surface area contributed by atoms with Gasteiger partial charge in [-0.2, -0.15) is 0 Å². The van der Waals surface area contributed by atoms with Gasteiger partial charge in [-0.15, -0.1) is 0 Å². The molecule has 0 spiro atoms. The Labute approximate surface area is 128 Å². The minimum absolute atomic E-state index is 0.103. The molecule has 0 aliphatic carbocycles. The third kappa shape index (κ3) is 4.29. The third-order valence-electron chi connectivity index (χ3n) is 2.84. The number of rotatable bonds is 5. The molecule has 2 aromatic rings. The van der Waals surface area contributed by atoms with E-state index in [1.807, 2.05) is 0 Å². The molecule has 22 heavy (non-hydrogen) atoms. The van der Waals surface area contributed by atoms with Gasteiger partial charge in [0.1, 0.15) is 12.4 Å². The van der Waals surface area contributed by atoms with Gasteiger partial charge in [0.15, 0.2) is 0 Å². The summed E-state index contributed by atoms with van der Waals surface area (Å²) in [4.78, 5) is 12.0. The maximum atomic E-state index is 13.3. The fourth-order valence-electron chi connectivity index (χ4n) is 1.88. The van der Waals surface area contributed by atoms with Crippen LogP contribution in [0.15, 0.2) is 54.6 Å². The summed E-state index contributed by atoms with van der Waals surface area (Å²) >= 11 is 0. The second-order valence-electron chi connectivity index (χ2n) is 4.66. The lowest BCUT2D eigenvalue weighted by Gasteiger charge is -2.21. The van der Waals surface area contributed by atoms with E-state index in [9.17, 15) is 17.6 Å². The molecular formula is C15H15FN2O3S. The van der Waals surface area contributed by atoms with Gasteiger partial charge in [0.2, 0.25) is 15.9 Å². The lowest BCUT2D eigenvalue weighted by molar-refractivity contribution is -0.114. The van der Waals surface area contributed by atoms with Crippen LogP contribution in [0.5, 0.6) is 0 Å². The summed E-state index contributed by atoms with van der Waals surface area (Å²) in [5.74, 6) is -1.09. The zero-order valence-corrected chi connectivity index (χ0v) is 12.7. The van der Waals surface area contributed by atoms with Crippen molar-refractivity contribution in [1.29, 1.82) is 0 Å². The Morgan fingerprint density at radius 2 is 1.82 bits per heavy atom. The van der Waals surface area contributed by atoms with E-state index in [4.69, 9.17) is 0 Å². The molecule has 7 heteroatoms. The quantitative estimate of drug-likeness (QED) is 0.918. The van der Waals surface area contributed by atoms with Crippen LogP contribution in [0.25, 0.3) is 0 Å². The first-order valence-electron chi connectivity index (χ1n) is 6.44. The van der Waals surface area contributed by atoms with Crippen molar-refractivity contribution in [3.05, 3.63) is 60.4 Å². The van der Waals surface area contributed by atoms with Gasteiger partial charge in [0.25, 0.3) is 0 Å². The maximum Gasteiger partial charge on any atom is 0.245 e. The van der Waals surface area contributed by atoms with Gasteiger partial charge in [-0.05, 0) is 30.3 Å². The second kappa shape index (κ2) is 6.57. The molecule has 0 unspecified atom stereocenters. The molecule has 2 rings (SSSR count). The number of carbonyl (C=O) groups excluding carboxylic acids is 1. The summed E-state index contributed by atoms with van der Waals surface area (Å²) in [6.45, 7) is -0.433. The molecule has 0 aromatic heterocycles. The molecule has 0 bridgehead atoms. The predicted octanol–water partition coefficient (Wildman–Crippen LogP) is 2.23. The van der Waals surface area contributed by atoms with Crippen LogP contribution < -0.4 is 9.62 Å². The van der Waals surface area contributed by atoms with Crippen molar-refractivity contribution in [2.45, 2.75) is 0 Å². The highest BCUT2D eigenvalue weighted by atomic mass is 32.2. The summed E-state index contributed by atoms with van der Waals surface area (Å²) in [6.07, 6.45) is 0.966. The molecule has 0 fully saturated rings. The van der Waals surface area contributed by atoms with Crippen LogP contribution in [0.3, 0.4) is 0 Å². The van der Waals surface area contributed by atoms with E-state index in [1.54, 1.807) is 30.3 Å². The van der Waals surface area contributed by atoms with Gasteiger partial charge in [-0.1, -0.05) is 24.3 Å². The monoisotopic (exact) mass is 322 g/mol. The molecule has 0 saturated carbocycles. The zero-order chi connectivity index (χ0) is 16.2. The van der Waals surface area contributed by atoms with Gasteiger partial charge in [-0.25, -0.2) is 12.8 Å². The molecule has 5 nitrogen and oxygen atoms in total. The number of para-hydroxylation sites is 1. The number of sulfonamides is 1. The molecular weight excluding hydrogens is 307 g/mol. The average Bonchev–Trinajstić information content (AvgIpc) is 2.44. The van der Waals surface area contributed by atoms with Gasteiger partial charge >= 0.3 is 0 Å². The highest BCUT2D eigenvalue weighted by Crippen LogP contribution is 2.18. The number of amides is 1. The second-order valence-corrected chi connectivity index (χ2v) is 6.57. The Kier molecular flexibility index (Phi) is 4.77. The van der Waals surface area contributed by atoms with Crippen molar-refractivity contribution in [1.82, 2.24) is 0 Å². The van der Waals surface area contributed by atoms with Crippen LogP contribution in [0.1, 0.15) is 0 Å². The van der Waals surface area contributed by atoms with Crippen LogP contribution in [0.2, 0.25) is 0 Å². The van der Waals surface area contributed by atoms with E-state index in [-0.39, 0.29) is 5.69 Å². The Morgan fingerprint density at radius 1 is 1.14 bits per heavy atom. The van der Waals surface area contributed by atoms with Crippen molar-refractivity contribution in [3.63, 3.8) is 0 Å². The van der Waals surface area contributed by atoms with Crippen LogP contribution in [0, 0.1) is 5.82 Å². The third-order valence-corrected chi connectivity index (χ3v) is 3.98. The fourth-order valence-corrected chi connectivity index (χ4v) is 2.73. The first-order valence-corrected chi connectivity index (χ1v) is 8.29. The van der Waals surface area contributed by atoms with Crippen molar-refractivity contribution < 1.29 is 17.6 Å². The van der Waals surface area contributed by atoms with Crippen LogP contribution >= 0.6 is 0 Å². The molecule has 0 atom stereocenters. The number of halogens is 1. The first-order chi connectivity index (χ1) is 10.4. The maximum absolute atomic E-state index is 13.3. The number of hydrogen-bond donors (Lipinski definition) is 1. The minimum Gasteiger partial charge on any atom is -0.325 e. The van der Waals surface area contributed by atoms with Crippen LogP contribution in [-0.4, -0.2) is 27.1 Å². The number of carbonyl (C=O) groups is 1. The molecule has 0 aliphatic heterocycles. The van der Waals surface area contributed by atoms with E-state index in [0.717, 1.165) is 16.6 Å². The summed E-state index contributed by atoms with van der Waals surface area (Å²) in [7, 11) is -3.72. The topological polar surface area (TPSA) is 66.5 Å². The Balaban J connectivity index is 2.19. The number of nitrogens with one attached hydrogen (secondary N) is 1. The molecule has 0 heterocycles. The SMILES string of the molecule is CS(=O)(=O)N(CC(=O)Nc1ccccc1)c1cccc(F)c1. The number of anilines is 2. The Bertz CT molecular complexity index is 763. The molecule has 0 radical (unpaired) electrons. The van der Waals surface area contributed by atoms with Crippen LogP contribution in [0.4, 0.5) is 15.8 Å². The van der Waals surface area contributed by atoms with E-state index >= 15 is 0 Å². The van der Waals surface area contributed by atoms with Crippen LogP contribution in [-0.2, 0) is 14.8 Å². The van der Waals surface area contributed by atoms with Gasteiger partial charge in [0, 0.05) is 5.69 Å². The average molecular weight is 322 g/mol. The minimum atomic E-state index is -3.72. The molecule has 1 N–H and O–H groups in total. The van der Waals surface area contributed by atoms with E-state index in [0.29, 0.717) is 5.69 Å². The number of hydrogen-bond acceptors (Lipinski definition) is 3. The molecule has 116 valence electrons. The van der Waals surface area contributed by atoms with Crippen molar-refractivity contribution in [3.8, 4) is 0 Å². The van der Waals surface area contributed by atoms with Crippen molar-refractivity contribution in [2.75, 3.05) is 22.4 Å². The number of nitrogens with zero attached hydrogens (tertiary/aromatic N) is 1. The Morgan fingerprint density at radius 3 is 2.41 bits per heavy atom. The molecule has 0 saturated heterocycles. The number of benzene rings is 2. The lowest BCUT2D eigenvalue weighted by atomic mass is 10.3. The fraction of sp³-hybridized carbons (Fsp3) is 0.133. The summed E-state index contributed by atoms with van der Waals surface area (Å²) < 4.78 is 37.8. The molecule has 1 amide bonds. The molecule has 2 aromatic carbocycles. The standard InChI is InChI=1S/C15H15FN2O3S/c1-22(20,21)18(14-9-5-6-12(16)10-14)11-15(19)17-13-7-3-2-4-8-13/h2-10H,11H2,1H3,(H,17,19). The lowest BCUT2D eigenvalue weighted by Crippen LogP contribution is -2.37. The highest BCUT2D eigenvalue weighted by molar-refractivity contribution is 7.92.